The number of carbonyl (C=O) groups excluding carboxylic acids is 1. The van der Waals surface area contributed by atoms with Gasteiger partial charge in [-0.15, -0.1) is 11.3 Å². The van der Waals surface area contributed by atoms with Crippen LogP contribution in [0.2, 0.25) is 0 Å². The summed E-state index contributed by atoms with van der Waals surface area (Å²) in [6.45, 7) is 6.46. The monoisotopic (exact) mass is 479 g/mol. The molecular formula is C24H26FN7OS. The molecule has 10 heteroatoms. The zero-order valence-corrected chi connectivity index (χ0v) is 20.1. The number of hydrogen-bond acceptors (Lipinski definition) is 6. The maximum atomic E-state index is 13.2. The van der Waals surface area contributed by atoms with Crippen molar-refractivity contribution in [1.29, 1.82) is 0 Å². The number of benzene rings is 1. The van der Waals surface area contributed by atoms with Gasteiger partial charge in [0, 0.05) is 49.9 Å². The Hall–Kier alpha value is -3.53. The van der Waals surface area contributed by atoms with Gasteiger partial charge in [-0.05, 0) is 37.6 Å². The fourth-order valence-electron chi connectivity index (χ4n) is 4.27. The lowest BCUT2D eigenvalue weighted by Crippen LogP contribution is -2.52. The molecule has 1 fully saturated rings. The van der Waals surface area contributed by atoms with Crippen LogP contribution < -0.4 is 10.2 Å². The summed E-state index contributed by atoms with van der Waals surface area (Å²) in [7, 11) is 1.92. The molecule has 1 N–H and O–H groups in total. The van der Waals surface area contributed by atoms with E-state index in [9.17, 15) is 9.18 Å². The summed E-state index contributed by atoms with van der Waals surface area (Å²) in [5.74, 6) is 0.619. The SMILES string of the molecule is Cc1nn(C)cc1-c1cc2ncnc(N3CCN(C(=O)NC(C)c4ccc(F)cc4)CC3)c2s1. The van der Waals surface area contributed by atoms with Crippen molar-refractivity contribution in [2.24, 2.45) is 7.05 Å². The van der Waals surface area contributed by atoms with Crippen molar-refractivity contribution in [3.8, 4) is 10.4 Å². The first-order valence-corrected chi connectivity index (χ1v) is 12.0. The molecule has 1 aromatic carbocycles. The molecule has 1 unspecified atom stereocenters. The molecule has 0 aliphatic carbocycles. The summed E-state index contributed by atoms with van der Waals surface area (Å²) in [5, 5.41) is 7.47. The second kappa shape index (κ2) is 9.02. The van der Waals surface area contributed by atoms with Crippen LogP contribution >= 0.6 is 11.3 Å². The maximum absolute atomic E-state index is 13.2. The van der Waals surface area contributed by atoms with Gasteiger partial charge in [0.1, 0.15) is 18.0 Å². The number of piperazine rings is 1. The molecule has 1 atom stereocenters. The second-order valence-electron chi connectivity index (χ2n) is 8.52. The van der Waals surface area contributed by atoms with Gasteiger partial charge in [0.2, 0.25) is 0 Å². The number of fused-ring (bicyclic) bond motifs is 1. The minimum atomic E-state index is -0.286. The van der Waals surface area contributed by atoms with Crippen LogP contribution in [0, 0.1) is 12.7 Å². The van der Waals surface area contributed by atoms with Gasteiger partial charge in [-0.2, -0.15) is 5.10 Å². The third-order valence-electron chi connectivity index (χ3n) is 6.15. The van der Waals surface area contributed by atoms with Gasteiger partial charge in [-0.3, -0.25) is 4.68 Å². The van der Waals surface area contributed by atoms with Crippen molar-refractivity contribution in [2.45, 2.75) is 19.9 Å². The molecule has 8 nitrogen and oxygen atoms in total. The molecule has 4 aromatic rings. The zero-order chi connectivity index (χ0) is 23.8. The van der Waals surface area contributed by atoms with Crippen LogP contribution in [-0.2, 0) is 7.05 Å². The summed E-state index contributed by atoms with van der Waals surface area (Å²) < 4.78 is 16.0. The van der Waals surface area contributed by atoms with Gasteiger partial charge >= 0.3 is 6.03 Å². The van der Waals surface area contributed by atoms with Gasteiger partial charge in [-0.1, -0.05) is 12.1 Å². The number of amides is 2. The minimum absolute atomic E-state index is 0.116. The Balaban J connectivity index is 1.27. The number of carbonyl (C=O) groups is 1. The van der Waals surface area contributed by atoms with E-state index in [1.807, 2.05) is 36.7 Å². The number of aryl methyl sites for hydroxylation is 2. The predicted octanol–water partition coefficient (Wildman–Crippen LogP) is 4.13. The van der Waals surface area contributed by atoms with Crippen LogP contribution in [0.5, 0.6) is 0 Å². The molecular weight excluding hydrogens is 453 g/mol. The molecule has 2 amide bonds. The van der Waals surface area contributed by atoms with E-state index in [1.165, 1.54) is 12.1 Å². The molecule has 0 radical (unpaired) electrons. The number of anilines is 1. The maximum Gasteiger partial charge on any atom is 0.317 e. The number of aromatic nitrogens is 4. The van der Waals surface area contributed by atoms with Crippen LogP contribution in [-0.4, -0.2) is 56.9 Å². The molecule has 1 aliphatic heterocycles. The topological polar surface area (TPSA) is 79.2 Å². The van der Waals surface area contributed by atoms with E-state index in [4.69, 9.17) is 0 Å². The number of hydrogen-bond donors (Lipinski definition) is 1. The molecule has 1 aliphatic rings. The summed E-state index contributed by atoms with van der Waals surface area (Å²) >= 11 is 1.67. The molecule has 34 heavy (non-hydrogen) atoms. The standard InChI is InChI=1S/C24H26FN7OS/c1-15(17-4-6-18(25)7-5-17)28-24(33)32-10-8-31(9-11-32)23-22-20(26-14-27-23)12-21(34-22)19-13-30(3)29-16(19)2/h4-7,12-15H,8-11H2,1-3H3,(H,28,33). The summed E-state index contributed by atoms with van der Waals surface area (Å²) in [6, 6.07) is 7.98. The molecule has 0 spiro atoms. The first kappa shape index (κ1) is 22.3. The Morgan fingerprint density at radius 2 is 1.88 bits per heavy atom. The number of halogens is 1. The van der Waals surface area contributed by atoms with E-state index in [1.54, 1.807) is 29.8 Å². The highest BCUT2D eigenvalue weighted by atomic mass is 32.1. The minimum Gasteiger partial charge on any atom is -0.352 e. The van der Waals surface area contributed by atoms with Gasteiger partial charge in [0.15, 0.2) is 0 Å². The van der Waals surface area contributed by atoms with Crippen molar-refractivity contribution in [2.75, 3.05) is 31.1 Å². The van der Waals surface area contributed by atoms with E-state index in [2.05, 4.69) is 31.3 Å². The molecule has 4 heterocycles. The highest BCUT2D eigenvalue weighted by Gasteiger charge is 2.25. The van der Waals surface area contributed by atoms with Gasteiger partial charge in [0.05, 0.1) is 22.0 Å². The van der Waals surface area contributed by atoms with Crippen molar-refractivity contribution in [1.82, 2.24) is 30.0 Å². The molecule has 1 saturated heterocycles. The third kappa shape index (κ3) is 4.33. The predicted molar refractivity (Wildman–Crippen MR) is 131 cm³/mol. The van der Waals surface area contributed by atoms with Crippen molar-refractivity contribution < 1.29 is 9.18 Å². The largest absolute Gasteiger partial charge is 0.352 e. The number of nitrogens with zero attached hydrogens (tertiary/aromatic N) is 6. The molecule has 5 rings (SSSR count). The molecule has 0 saturated carbocycles. The fourth-order valence-corrected chi connectivity index (χ4v) is 5.46. The Bertz CT molecular complexity index is 1330. The lowest BCUT2D eigenvalue weighted by molar-refractivity contribution is 0.191. The molecule has 176 valence electrons. The van der Waals surface area contributed by atoms with Gasteiger partial charge < -0.3 is 15.1 Å². The number of nitrogens with one attached hydrogen (secondary N) is 1. The van der Waals surface area contributed by atoms with E-state index in [0.717, 1.165) is 37.7 Å². The Morgan fingerprint density at radius 1 is 1.15 bits per heavy atom. The highest BCUT2D eigenvalue weighted by Crippen LogP contribution is 2.38. The van der Waals surface area contributed by atoms with E-state index < -0.39 is 0 Å². The first-order chi connectivity index (χ1) is 16.4. The lowest BCUT2D eigenvalue weighted by Gasteiger charge is -2.36. The van der Waals surface area contributed by atoms with Crippen molar-refractivity contribution in [3.05, 3.63) is 59.9 Å². The van der Waals surface area contributed by atoms with Crippen molar-refractivity contribution in [3.63, 3.8) is 0 Å². The third-order valence-corrected chi connectivity index (χ3v) is 7.30. The van der Waals surface area contributed by atoms with E-state index in [0.29, 0.717) is 26.2 Å². The van der Waals surface area contributed by atoms with Gasteiger partial charge in [-0.25, -0.2) is 19.2 Å². The van der Waals surface area contributed by atoms with Crippen LogP contribution in [0.15, 0.2) is 42.9 Å². The number of rotatable bonds is 4. The average Bonchev–Trinajstić information content (AvgIpc) is 3.41. The molecule has 3 aromatic heterocycles. The summed E-state index contributed by atoms with van der Waals surface area (Å²) in [4.78, 5) is 27.0. The first-order valence-electron chi connectivity index (χ1n) is 11.2. The Morgan fingerprint density at radius 3 is 2.56 bits per heavy atom. The second-order valence-corrected chi connectivity index (χ2v) is 9.57. The average molecular weight is 480 g/mol. The molecule has 0 bridgehead atoms. The van der Waals surface area contributed by atoms with Crippen LogP contribution in [0.1, 0.15) is 24.2 Å². The van der Waals surface area contributed by atoms with E-state index in [-0.39, 0.29) is 17.9 Å². The van der Waals surface area contributed by atoms with E-state index >= 15 is 0 Å². The van der Waals surface area contributed by atoms with Crippen LogP contribution in [0.3, 0.4) is 0 Å². The summed E-state index contributed by atoms with van der Waals surface area (Å²) in [6.07, 6.45) is 3.63. The number of thiophene rings is 1. The number of urea groups is 1. The smallest absolute Gasteiger partial charge is 0.317 e. The Labute approximate surface area is 201 Å². The Kier molecular flexibility index (Phi) is 5.91. The highest BCUT2D eigenvalue weighted by molar-refractivity contribution is 7.22. The quantitative estimate of drug-likeness (QED) is 0.476. The normalized spacial score (nSPS) is 15.1. The van der Waals surface area contributed by atoms with Crippen molar-refractivity contribution >= 4 is 33.4 Å². The zero-order valence-electron chi connectivity index (χ0n) is 19.3. The van der Waals surface area contributed by atoms with Gasteiger partial charge in [0.25, 0.3) is 0 Å². The summed E-state index contributed by atoms with van der Waals surface area (Å²) in [5.41, 5.74) is 3.88. The lowest BCUT2D eigenvalue weighted by atomic mass is 10.1. The van der Waals surface area contributed by atoms with Crippen LogP contribution in [0.25, 0.3) is 20.7 Å². The fraction of sp³-hybridized carbons (Fsp3) is 0.333. The van der Waals surface area contributed by atoms with Crippen LogP contribution in [0.4, 0.5) is 15.0 Å².